The average Bonchev–Trinajstić information content (AvgIpc) is 3.63. The number of rotatable bonds is 17. The molecule has 0 aromatic heterocycles. The average molecular weight is 639 g/mol. The second kappa shape index (κ2) is 15.9. The summed E-state index contributed by atoms with van der Waals surface area (Å²) in [5.41, 5.74) is 0. The third-order valence-electron chi connectivity index (χ3n) is 12.3. The van der Waals surface area contributed by atoms with E-state index in [0.717, 1.165) is 37.3 Å². The van der Waals surface area contributed by atoms with Crippen molar-refractivity contribution in [1.82, 2.24) is 20.4 Å². The Balaban J connectivity index is 0.867. The van der Waals surface area contributed by atoms with Crippen molar-refractivity contribution >= 4 is 17.9 Å². The summed E-state index contributed by atoms with van der Waals surface area (Å²) in [6, 6.07) is 3.76. The molecule has 0 saturated carbocycles. The van der Waals surface area contributed by atoms with E-state index in [4.69, 9.17) is 14.7 Å². The summed E-state index contributed by atoms with van der Waals surface area (Å²) in [4.78, 5) is 28.8. The molecule has 8 nitrogen and oxygen atoms in total. The van der Waals surface area contributed by atoms with Crippen molar-refractivity contribution in [2.75, 3.05) is 0 Å². The van der Waals surface area contributed by atoms with Crippen LogP contribution in [-0.2, 0) is 9.53 Å². The Kier molecular flexibility index (Phi) is 11.7. The number of nitrogens with one attached hydrogen (secondary N) is 2. The van der Waals surface area contributed by atoms with Gasteiger partial charge in [-0.2, -0.15) is 0 Å². The molecule has 6 rings (SSSR count). The van der Waals surface area contributed by atoms with Crippen LogP contribution >= 0.6 is 0 Å². The molecule has 10 unspecified atom stereocenters. The fraction of sp³-hybridized carbons (Fsp3) is 0.921. The molecule has 260 valence electrons. The smallest absolute Gasteiger partial charge is 0.313 e. The van der Waals surface area contributed by atoms with Crippen LogP contribution in [0, 0.1) is 5.92 Å². The number of hydrogen-bond donors (Lipinski definition) is 2. The van der Waals surface area contributed by atoms with Crippen LogP contribution in [0.1, 0.15) is 163 Å². The third kappa shape index (κ3) is 7.99. The summed E-state index contributed by atoms with van der Waals surface area (Å²) in [7, 11) is 0. The summed E-state index contributed by atoms with van der Waals surface area (Å²) < 4.78 is 6.11. The molecule has 6 aliphatic rings. The van der Waals surface area contributed by atoms with Crippen molar-refractivity contribution in [3.63, 3.8) is 0 Å². The normalized spacial score (nSPS) is 35.0. The Morgan fingerprint density at radius 2 is 1.43 bits per heavy atom. The standard InChI is InChI=1S/C38H66N6O2/c1-5-6-7-8-11-14-18-30-25-33-21-22-34-35(28(4)40-38(42-30)44(33)34)36(45)46-27(3)16-13-10-9-12-15-17-29-24-32-20-19-31-23-26(2)39-37(41-29)43(31)32/h26-35H,5-25H2,1-4H3,(H,39,41)(H,40,42). The Bertz CT molecular complexity index is 1060. The molecule has 0 radical (unpaired) electrons. The fourth-order valence-corrected chi connectivity index (χ4v) is 9.92. The van der Waals surface area contributed by atoms with Gasteiger partial charge in [0.25, 0.3) is 0 Å². The van der Waals surface area contributed by atoms with Gasteiger partial charge in [0.05, 0.1) is 24.1 Å². The Morgan fingerprint density at radius 3 is 2.24 bits per heavy atom. The molecular formula is C38H66N6O2. The first-order chi connectivity index (χ1) is 22.4. The van der Waals surface area contributed by atoms with E-state index in [1.54, 1.807) is 0 Å². The van der Waals surface area contributed by atoms with Crippen molar-refractivity contribution in [2.45, 2.75) is 217 Å². The minimum absolute atomic E-state index is 0.0225. The summed E-state index contributed by atoms with van der Waals surface area (Å²) in [5, 5.41) is 7.46. The molecule has 8 heteroatoms. The van der Waals surface area contributed by atoms with Crippen LogP contribution in [0.2, 0.25) is 0 Å². The highest BCUT2D eigenvalue weighted by Gasteiger charge is 2.51. The maximum Gasteiger partial charge on any atom is 0.313 e. The van der Waals surface area contributed by atoms with E-state index in [2.05, 4.69) is 48.1 Å². The van der Waals surface area contributed by atoms with Crippen molar-refractivity contribution in [1.29, 1.82) is 0 Å². The van der Waals surface area contributed by atoms with Crippen LogP contribution in [0.3, 0.4) is 0 Å². The van der Waals surface area contributed by atoms with Gasteiger partial charge in [-0.15, -0.1) is 0 Å². The predicted octanol–water partition coefficient (Wildman–Crippen LogP) is 7.31. The van der Waals surface area contributed by atoms with Crippen LogP contribution in [0.4, 0.5) is 0 Å². The first kappa shape index (κ1) is 33.9. The van der Waals surface area contributed by atoms with Crippen LogP contribution in [0.5, 0.6) is 0 Å². The summed E-state index contributed by atoms with van der Waals surface area (Å²) in [6.07, 6.45) is 26.3. The molecule has 2 N–H and O–H groups in total. The van der Waals surface area contributed by atoms with Crippen molar-refractivity contribution in [3.8, 4) is 0 Å². The monoisotopic (exact) mass is 639 g/mol. The minimum Gasteiger partial charge on any atom is -0.462 e. The summed E-state index contributed by atoms with van der Waals surface area (Å²) in [6.45, 7) is 8.80. The van der Waals surface area contributed by atoms with E-state index >= 15 is 0 Å². The van der Waals surface area contributed by atoms with Gasteiger partial charge in [-0.3, -0.25) is 4.79 Å². The molecule has 0 amide bonds. The molecule has 4 saturated heterocycles. The largest absolute Gasteiger partial charge is 0.462 e. The number of nitrogens with zero attached hydrogens (tertiary/aromatic N) is 4. The van der Waals surface area contributed by atoms with Crippen molar-refractivity contribution in [2.24, 2.45) is 15.9 Å². The second-order valence-electron chi connectivity index (χ2n) is 16.1. The van der Waals surface area contributed by atoms with E-state index in [1.807, 2.05) is 0 Å². The van der Waals surface area contributed by atoms with Crippen LogP contribution in [0.15, 0.2) is 9.98 Å². The van der Waals surface area contributed by atoms with E-state index in [1.165, 1.54) is 122 Å². The number of carbonyl (C=O) groups is 1. The molecule has 0 aliphatic carbocycles. The highest BCUT2D eigenvalue weighted by molar-refractivity contribution is 5.86. The number of carbonyl (C=O) groups excluding carboxylic acids is 1. The quantitative estimate of drug-likeness (QED) is 0.128. The van der Waals surface area contributed by atoms with Gasteiger partial charge in [-0.25, -0.2) is 9.98 Å². The molecule has 10 atom stereocenters. The third-order valence-corrected chi connectivity index (χ3v) is 12.3. The SMILES string of the molecule is CCCCCCCCC1CC2CCC3C(C(=O)OC(C)CCCCCCCC4CC5CCC6CC(C)NC(=N4)N56)C(C)N=C(N1)N23. The van der Waals surface area contributed by atoms with Crippen molar-refractivity contribution in [3.05, 3.63) is 0 Å². The number of aliphatic imine (C=N–C) groups is 2. The Labute approximate surface area is 280 Å². The fourth-order valence-electron chi connectivity index (χ4n) is 9.92. The number of hydrogen-bond acceptors (Lipinski definition) is 8. The lowest BCUT2D eigenvalue weighted by Gasteiger charge is -2.47. The van der Waals surface area contributed by atoms with Gasteiger partial charge in [0.1, 0.15) is 0 Å². The van der Waals surface area contributed by atoms with Gasteiger partial charge in [-0.1, -0.05) is 71.1 Å². The molecule has 46 heavy (non-hydrogen) atoms. The minimum atomic E-state index is -0.148. The Hall–Kier alpha value is -1.99. The maximum absolute atomic E-state index is 13.5. The molecular weight excluding hydrogens is 572 g/mol. The van der Waals surface area contributed by atoms with Gasteiger partial charge in [-0.05, 0) is 91.4 Å². The van der Waals surface area contributed by atoms with E-state index in [-0.39, 0.29) is 30.1 Å². The van der Waals surface area contributed by atoms with Crippen molar-refractivity contribution < 1.29 is 9.53 Å². The zero-order valence-electron chi connectivity index (χ0n) is 29.7. The van der Waals surface area contributed by atoms with Gasteiger partial charge in [0, 0.05) is 36.3 Å². The van der Waals surface area contributed by atoms with Gasteiger partial charge >= 0.3 is 5.97 Å². The molecule has 6 aliphatic heterocycles. The lowest BCUT2D eigenvalue weighted by Crippen LogP contribution is -2.63. The number of esters is 1. The highest BCUT2D eigenvalue weighted by atomic mass is 16.5. The first-order valence-electron chi connectivity index (χ1n) is 19.9. The molecule has 0 aromatic rings. The van der Waals surface area contributed by atoms with E-state index in [0.29, 0.717) is 24.2 Å². The zero-order valence-corrected chi connectivity index (χ0v) is 29.7. The predicted molar refractivity (Wildman–Crippen MR) is 188 cm³/mol. The van der Waals surface area contributed by atoms with E-state index < -0.39 is 0 Å². The van der Waals surface area contributed by atoms with Gasteiger partial charge in [0.15, 0.2) is 11.9 Å². The topological polar surface area (TPSA) is 81.6 Å². The second-order valence-corrected chi connectivity index (χ2v) is 16.1. The van der Waals surface area contributed by atoms with Gasteiger partial charge in [0.2, 0.25) is 0 Å². The summed E-state index contributed by atoms with van der Waals surface area (Å²) >= 11 is 0. The highest BCUT2D eigenvalue weighted by Crippen LogP contribution is 2.40. The molecule has 0 aromatic carbocycles. The summed E-state index contributed by atoms with van der Waals surface area (Å²) in [5.74, 6) is 2.09. The maximum atomic E-state index is 13.5. The lowest BCUT2D eigenvalue weighted by molar-refractivity contribution is -0.156. The van der Waals surface area contributed by atoms with Crippen LogP contribution < -0.4 is 10.6 Å². The molecule has 0 bridgehead atoms. The lowest BCUT2D eigenvalue weighted by atomic mass is 9.89. The van der Waals surface area contributed by atoms with Gasteiger partial charge < -0.3 is 25.2 Å². The number of guanidine groups is 2. The zero-order chi connectivity index (χ0) is 32.0. The Morgan fingerprint density at radius 1 is 0.783 bits per heavy atom. The number of ether oxygens (including phenoxy) is 1. The van der Waals surface area contributed by atoms with Crippen LogP contribution in [0.25, 0.3) is 0 Å². The first-order valence-corrected chi connectivity index (χ1v) is 19.9. The number of unbranched alkanes of at least 4 members (excludes halogenated alkanes) is 9. The van der Waals surface area contributed by atoms with Crippen LogP contribution in [-0.4, -0.2) is 82.1 Å². The molecule has 0 spiro atoms. The molecule has 4 fully saturated rings. The van der Waals surface area contributed by atoms with E-state index in [9.17, 15) is 4.79 Å². The molecule has 6 heterocycles.